The van der Waals surface area contributed by atoms with Gasteiger partial charge in [-0.2, -0.15) is 0 Å². The van der Waals surface area contributed by atoms with Gasteiger partial charge in [0.25, 0.3) is 0 Å². The summed E-state index contributed by atoms with van der Waals surface area (Å²) >= 11 is 5.86. The van der Waals surface area contributed by atoms with Crippen molar-refractivity contribution in [3.05, 3.63) is 18.2 Å². The SMILES string of the molecule is Cc1nnc2c(N(CCCl)C3CC3)nccn12. The molecular weight excluding hydrogens is 238 g/mol. The second-order valence-corrected chi connectivity index (χ2v) is 4.68. The Labute approximate surface area is 104 Å². The lowest BCUT2D eigenvalue weighted by atomic mass is 10.4. The molecule has 0 spiro atoms. The highest BCUT2D eigenvalue weighted by Crippen LogP contribution is 2.32. The Balaban J connectivity index is 2.08. The van der Waals surface area contributed by atoms with E-state index in [-0.39, 0.29) is 0 Å². The minimum absolute atomic E-state index is 0.574. The highest BCUT2D eigenvalue weighted by atomic mass is 35.5. The second-order valence-electron chi connectivity index (χ2n) is 4.31. The second kappa shape index (κ2) is 4.14. The lowest BCUT2D eigenvalue weighted by Crippen LogP contribution is -2.29. The van der Waals surface area contributed by atoms with Gasteiger partial charge in [0.1, 0.15) is 5.82 Å². The van der Waals surface area contributed by atoms with Crippen LogP contribution in [0.25, 0.3) is 5.65 Å². The Kier molecular flexibility index (Phi) is 2.63. The van der Waals surface area contributed by atoms with Gasteiger partial charge in [-0.1, -0.05) is 0 Å². The molecule has 3 rings (SSSR count). The zero-order valence-electron chi connectivity index (χ0n) is 9.67. The van der Waals surface area contributed by atoms with E-state index >= 15 is 0 Å². The molecule has 90 valence electrons. The summed E-state index contributed by atoms with van der Waals surface area (Å²) in [7, 11) is 0. The van der Waals surface area contributed by atoms with E-state index in [4.69, 9.17) is 11.6 Å². The molecule has 0 atom stereocenters. The van der Waals surface area contributed by atoms with E-state index < -0.39 is 0 Å². The molecule has 0 aliphatic heterocycles. The lowest BCUT2D eigenvalue weighted by molar-refractivity contribution is 0.808. The zero-order chi connectivity index (χ0) is 11.8. The summed E-state index contributed by atoms with van der Waals surface area (Å²) in [6.07, 6.45) is 6.11. The monoisotopic (exact) mass is 251 g/mol. The van der Waals surface area contributed by atoms with E-state index in [0.29, 0.717) is 11.9 Å². The number of nitrogens with zero attached hydrogens (tertiary/aromatic N) is 5. The number of halogens is 1. The van der Waals surface area contributed by atoms with Gasteiger partial charge in [-0.3, -0.25) is 4.40 Å². The van der Waals surface area contributed by atoms with Crippen LogP contribution in [0.2, 0.25) is 0 Å². The third-order valence-electron chi connectivity index (χ3n) is 3.06. The largest absolute Gasteiger partial charge is 0.349 e. The number of rotatable bonds is 4. The van der Waals surface area contributed by atoms with Crippen molar-refractivity contribution in [2.24, 2.45) is 0 Å². The standard InChI is InChI=1S/C11H14ClN5/c1-8-14-15-11-10(13-5-7-16(8)11)17(6-4-12)9-2-3-9/h5,7,9H,2-4,6H2,1H3. The molecule has 1 aliphatic rings. The average Bonchev–Trinajstić information content (AvgIpc) is 3.11. The predicted octanol–water partition coefficient (Wildman–Crippen LogP) is 1.64. The fraction of sp³-hybridized carbons (Fsp3) is 0.545. The van der Waals surface area contributed by atoms with E-state index in [1.165, 1.54) is 12.8 Å². The third-order valence-corrected chi connectivity index (χ3v) is 3.23. The maximum absolute atomic E-state index is 5.86. The zero-order valence-corrected chi connectivity index (χ0v) is 10.4. The van der Waals surface area contributed by atoms with Crippen LogP contribution in [0, 0.1) is 6.92 Å². The summed E-state index contributed by atoms with van der Waals surface area (Å²) in [4.78, 5) is 6.69. The van der Waals surface area contributed by atoms with Gasteiger partial charge < -0.3 is 4.90 Å². The van der Waals surface area contributed by atoms with Crippen LogP contribution in [0.3, 0.4) is 0 Å². The van der Waals surface area contributed by atoms with Gasteiger partial charge >= 0.3 is 0 Å². The van der Waals surface area contributed by atoms with Crippen LogP contribution in [0.1, 0.15) is 18.7 Å². The van der Waals surface area contributed by atoms with E-state index in [0.717, 1.165) is 23.8 Å². The number of hydrogen-bond acceptors (Lipinski definition) is 4. The Bertz CT molecular complexity index is 534. The van der Waals surface area contributed by atoms with Gasteiger partial charge in [0.2, 0.25) is 5.65 Å². The van der Waals surface area contributed by atoms with Crippen molar-refractivity contribution in [2.45, 2.75) is 25.8 Å². The first-order valence-corrected chi connectivity index (χ1v) is 6.33. The van der Waals surface area contributed by atoms with Crippen molar-refractivity contribution >= 4 is 23.1 Å². The van der Waals surface area contributed by atoms with E-state index in [9.17, 15) is 0 Å². The minimum Gasteiger partial charge on any atom is -0.349 e. The molecule has 0 bridgehead atoms. The number of hydrogen-bond donors (Lipinski definition) is 0. The summed E-state index contributed by atoms with van der Waals surface area (Å²) in [5.41, 5.74) is 0.821. The topological polar surface area (TPSA) is 46.3 Å². The first kappa shape index (κ1) is 10.8. The molecule has 1 saturated carbocycles. The molecule has 0 radical (unpaired) electrons. The minimum atomic E-state index is 0.574. The quantitative estimate of drug-likeness (QED) is 0.775. The van der Waals surface area contributed by atoms with Crippen molar-refractivity contribution in [3.8, 4) is 0 Å². The van der Waals surface area contributed by atoms with Gasteiger partial charge in [0.05, 0.1) is 0 Å². The highest BCUT2D eigenvalue weighted by Gasteiger charge is 2.31. The Morgan fingerprint density at radius 2 is 2.29 bits per heavy atom. The fourth-order valence-corrected chi connectivity index (χ4v) is 2.25. The van der Waals surface area contributed by atoms with Crippen LogP contribution >= 0.6 is 11.6 Å². The first-order valence-electron chi connectivity index (χ1n) is 5.80. The van der Waals surface area contributed by atoms with Gasteiger partial charge in [-0.15, -0.1) is 21.8 Å². The molecule has 0 saturated heterocycles. The van der Waals surface area contributed by atoms with Crippen molar-refractivity contribution < 1.29 is 0 Å². The molecule has 2 aromatic rings. The van der Waals surface area contributed by atoms with Gasteiger partial charge in [0.15, 0.2) is 5.82 Å². The summed E-state index contributed by atoms with van der Waals surface area (Å²) in [6.45, 7) is 2.75. The molecule has 0 N–H and O–H groups in total. The maximum atomic E-state index is 5.86. The van der Waals surface area contributed by atoms with Gasteiger partial charge in [-0.25, -0.2) is 4.98 Å². The number of fused-ring (bicyclic) bond motifs is 1. The van der Waals surface area contributed by atoms with Crippen LogP contribution in [-0.2, 0) is 0 Å². The smallest absolute Gasteiger partial charge is 0.203 e. The molecule has 0 amide bonds. The summed E-state index contributed by atoms with van der Waals surface area (Å²) in [5, 5.41) is 8.29. The normalized spacial score (nSPS) is 15.4. The van der Waals surface area contributed by atoms with Crippen LogP contribution in [0.5, 0.6) is 0 Å². The van der Waals surface area contributed by atoms with Gasteiger partial charge in [-0.05, 0) is 19.8 Å². The van der Waals surface area contributed by atoms with E-state index in [1.54, 1.807) is 6.20 Å². The molecule has 1 fully saturated rings. The maximum Gasteiger partial charge on any atom is 0.203 e. The first-order chi connectivity index (χ1) is 8.31. The lowest BCUT2D eigenvalue weighted by Gasteiger charge is -2.22. The number of aromatic nitrogens is 4. The molecule has 2 aromatic heterocycles. The summed E-state index contributed by atoms with van der Waals surface area (Å²) in [6, 6.07) is 0.574. The summed E-state index contributed by atoms with van der Waals surface area (Å²) < 4.78 is 1.96. The molecule has 6 heteroatoms. The van der Waals surface area contributed by atoms with E-state index in [2.05, 4.69) is 20.1 Å². The average molecular weight is 252 g/mol. The van der Waals surface area contributed by atoms with Crippen LogP contribution in [0.15, 0.2) is 12.4 Å². The molecular formula is C11H14ClN5. The van der Waals surface area contributed by atoms with Crippen molar-refractivity contribution in [2.75, 3.05) is 17.3 Å². The van der Waals surface area contributed by atoms with Crippen LogP contribution in [0.4, 0.5) is 5.82 Å². The molecule has 2 heterocycles. The van der Waals surface area contributed by atoms with Gasteiger partial charge in [0, 0.05) is 30.9 Å². The van der Waals surface area contributed by atoms with Crippen LogP contribution in [-0.4, -0.2) is 38.0 Å². The van der Waals surface area contributed by atoms with Crippen molar-refractivity contribution in [3.63, 3.8) is 0 Å². The molecule has 0 unspecified atom stereocenters. The Morgan fingerprint density at radius 1 is 1.47 bits per heavy atom. The third kappa shape index (κ3) is 1.84. The van der Waals surface area contributed by atoms with Crippen molar-refractivity contribution in [1.82, 2.24) is 19.6 Å². The predicted molar refractivity (Wildman–Crippen MR) is 66.6 cm³/mol. The van der Waals surface area contributed by atoms with Crippen molar-refractivity contribution in [1.29, 1.82) is 0 Å². The molecule has 17 heavy (non-hydrogen) atoms. The Hall–Kier alpha value is -1.36. The highest BCUT2D eigenvalue weighted by molar-refractivity contribution is 6.18. The molecule has 0 aromatic carbocycles. The molecule has 5 nitrogen and oxygen atoms in total. The number of anilines is 1. The van der Waals surface area contributed by atoms with E-state index in [1.807, 2.05) is 17.5 Å². The number of alkyl halides is 1. The fourth-order valence-electron chi connectivity index (χ4n) is 2.07. The number of aryl methyl sites for hydroxylation is 1. The Morgan fingerprint density at radius 3 is 3.00 bits per heavy atom. The summed E-state index contributed by atoms with van der Waals surface area (Å²) in [5.74, 6) is 2.38. The van der Waals surface area contributed by atoms with Crippen LogP contribution < -0.4 is 4.90 Å². The molecule has 1 aliphatic carbocycles.